The summed E-state index contributed by atoms with van der Waals surface area (Å²) in [7, 11) is 0. The zero-order valence-electron chi connectivity index (χ0n) is 24.4. The highest BCUT2D eigenvalue weighted by molar-refractivity contribution is 5.86. The number of amides is 1. The normalized spacial score (nSPS) is 14.9. The molecule has 0 fully saturated rings. The molecule has 1 amide bonds. The van der Waals surface area contributed by atoms with Crippen LogP contribution in [0.15, 0.2) is 0 Å². The van der Waals surface area contributed by atoms with Crippen molar-refractivity contribution >= 4 is 5.91 Å². The molecule has 2 unspecified atom stereocenters. The Morgan fingerprint density at radius 2 is 1.21 bits per heavy atom. The van der Waals surface area contributed by atoms with E-state index < -0.39 is 5.66 Å². The Morgan fingerprint density at radius 1 is 0.735 bits per heavy atom. The molecule has 0 aliphatic rings. The van der Waals surface area contributed by atoms with Crippen LogP contribution in [0.2, 0.25) is 0 Å². The van der Waals surface area contributed by atoms with Crippen molar-refractivity contribution in [2.75, 3.05) is 19.6 Å². The number of hydrogen-bond acceptors (Lipinski definition) is 4. The third kappa shape index (κ3) is 15.4. The van der Waals surface area contributed by atoms with Gasteiger partial charge >= 0.3 is 0 Å². The molecule has 0 aromatic heterocycles. The lowest BCUT2D eigenvalue weighted by Crippen LogP contribution is -2.71. The second kappa shape index (κ2) is 19.5. The van der Waals surface area contributed by atoms with Crippen LogP contribution in [0.1, 0.15) is 139 Å². The van der Waals surface area contributed by atoms with Gasteiger partial charge in [0.25, 0.3) is 5.91 Å². The van der Waals surface area contributed by atoms with E-state index in [0.29, 0.717) is 12.5 Å². The van der Waals surface area contributed by atoms with Gasteiger partial charge < -0.3 is 0 Å². The first-order valence-corrected chi connectivity index (χ1v) is 14.7. The van der Waals surface area contributed by atoms with Crippen molar-refractivity contribution in [3.8, 4) is 0 Å². The van der Waals surface area contributed by atoms with Gasteiger partial charge in [0, 0.05) is 12.5 Å². The van der Waals surface area contributed by atoms with E-state index in [4.69, 9.17) is 0 Å². The molecule has 34 heavy (non-hydrogen) atoms. The fraction of sp³-hybridized carbons (Fsp3) is 0.966. The van der Waals surface area contributed by atoms with Crippen molar-refractivity contribution in [1.29, 1.82) is 0 Å². The lowest BCUT2D eigenvalue weighted by Gasteiger charge is -2.44. The van der Waals surface area contributed by atoms with Crippen molar-refractivity contribution in [3.05, 3.63) is 0 Å². The highest BCUT2D eigenvalue weighted by Crippen LogP contribution is 2.35. The summed E-state index contributed by atoms with van der Waals surface area (Å²) in [6, 6.07) is 0. The molecule has 5 heteroatoms. The molecular formula is C29H62N4O. The van der Waals surface area contributed by atoms with E-state index >= 15 is 0 Å². The van der Waals surface area contributed by atoms with Crippen LogP contribution in [0.3, 0.4) is 0 Å². The van der Waals surface area contributed by atoms with Gasteiger partial charge in [0.1, 0.15) is 0 Å². The van der Waals surface area contributed by atoms with Crippen LogP contribution >= 0.6 is 0 Å². The Balaban J connectivity index is 5.51. The molecule has 2 atom stereocenters. The molecule has 0 aliphatic carbocycles. The molecule has 0 saturated carbocycles. The number of unbranched alkanes of at least 4 members (excludes halogenated alkanes) is 9. The topological polar surface area (TPSA) is 65.2 Å². The molecule has 0 rings (SSSR count). The number of hydrogen-bond donors (Lipinski definition) is 4. The van der Waals surface area contributed by atoms with E-state index in [-0.39, 0.29) is 17.2 Å². The Morgan fingerprint density at radius 3 is 1.68 bits per heavy atom. The summed E-state index contributed by atoms with van der Waals surface area (Å²) in [5, 5.41) is 7.56. The average molecular weight is 483 g/mol. The quantitative estimate of drug-likeness (QED) is 0.0767. The zero-order chi connectivity index (χ0) is 25.9. The molecule has 4 N–H and O–H groups in total. The van der Waals surface area contributed by atoms with E-state index in [1.54, 1.807) is 0 Å². The number of nitrogens with one attached hydrogen (secondary N) is 4. The van der Waals surface area contributed by atoms with Gasteiger partial charge in [-0.25, -0.2) is 5.43 Å². The SMILES string of the molecule is CCCCCCCCCCNC(NCCCCC)(C(=O)NNCC)C(CC(C)C)CC(C)(C)C. The molecule has 0 aromatic rings. The number of hydrazine groups is 1. The second-order valence-electron chi connectivity index (χ2n) is 11.9. The van der Waals surface area contributed by atoms with E-state index in [9.17, 15) is 4.79 Å². The summed E-state index contributed by atoms with van der Waals surface area (Å²) in [6.45, 7) is 20.4. The number of carbonyl (C=O) groups excluding carboxylic acids is 1. The molecule has 0 radical (unpaired) electrons. The lowest BCUT2D eigenvalue weighted by molar-refractivity contribution is -0.134. The summed E-state index contributed by atoms with van der Waals surface area (Å²) in [4.78, 5) is 13.8. The standard InChI is InChI=1S/C29H62N4O/c1-9-12-14-15-16-17-18-20-22-31-29(27(34)33-32-11-3,30-21-19-13-10-2)26(23-25(4)5)24-28(6,7)8/h25-26,30-32H,9-24H2,1-8H3,(H,33,34). The zero-order valence-corrected chi connectivity index (χ0v) is 24.4. The summed E-state index contributed by atoms with van der Waals surface area (Å²) in [6.07, 6.45) is 15.8. The van der Waals surface area contributed by atoms with Crippen molar-refractivity contribution in [1.82, 2.24) is 21.5 Å². The van der Waals surface area contributed by atoms with Crippen LogP contribution in [-0.4, -0.2) is 31.2 Å². The lowest BCUT2D eigenvalue weighted by atomic mass is 9.74. The van der Waals surface area contributed by atoms with Gasteiger partial charge in [0.15, 0.2) is 5.66 Å². The van der Waals surface area contributed by atoms with Gasteiger partial charge in [-0.15, -0.1) is 0 Å². The highest BCUT2D eigenvalue weighted by atomic mass is 16.2. The van der Waals surface area contributed by atoms with E-state index in [1.165, 1.54) is 57.8 Å². The van der Waals surface area contributed by atoms with Gasteiger partial charge in [0.2, 0.25) is 0 Å². The monoisotopic (exact) mass is 482 g/mol. The van der Waals surface area contributed by atoms with Crippen LogP contribution in [0, 0.1) is 17.3 Å². The fourth-order valence-corrected chi connectivity index (χ4v) is 4.89. The molecule has 0 spiro atoms. The minimum atomic E-state index is -0.755. The summed E-state index contributed by atoms with van der Waals surface area (Å²) in [5.74, 6) is 0.781. The van der Waals surface area contributed by atoms with E-state index in [1.807, 2.05) is 6.92 Å². The predicted octanol–water partition coefficient (Wildman–Crippen LogP) is 6.93. The van der Waals surface area contributed by atoms with Crippen molar-refractivity contribution in [2.24, 2.45) is 17.3 Å². The number of carbonyl (C=O) groups is 1. The van der Waals surface area contributed by atoms with E-state index in [2.05, 4.69) is 70.0 Å². The summed E-state index contributed by atoms with van der Waals surface area (Å²) in [5.41, 5.74) is 5.49. The van der Waals surface area contributed by atoms with Crippen molar-refractivity contribution < 1.29 is 4.79 Å². The minimum Gasteiger partial charge on any atom is -0.291 e. The molecule has 0 heterocycles. The molecule has 5 nitrogen and oxygen atoms in total. The first-order chi connectivity index (χ1) is 16.1. The summed E-state index contributed by atoms with van der Waals surface area (Å²) >= 11 is 0. The highest BCUT2D eigenvalue weighted by Gasteiger charge is 2.46. The van der Waals surface area contributed by atoms with Crippen LogP contribution in [-0.2, 0) is 4.79 Å². The first kappa shape index (κ1) is 33.4. The predicted molar refractivity (Wildman–Crippen MR) is 150 cm³/mol. The maximum absolute atomic E-state index is 13.8. The molecular weight excluding hydrogens is 420 g/mol. The maximum atomic E-state index is 13.8. The van der Waals surface area contributed by atoms with Gasteiger partial charge in [-0.3, -0.25) is 20.9 Å². The average Bonchev–Trinajstić information content (AvgIpc) is 2.76. The van der Waals surface area contributed by atoms with E-state index in [0.717, 1.165) is 38.8 Å². The van der Waals surface area contributed by atoms with Crippen molar-refractivity contribution in [3.63, 3.8) is 0 Å². The second-order valence-corrected chi connectivity index (χ2v) is 11.9. The first-order valence-electron chi connectivity index (χ1n) is 14.7. The smallest absolute Gasteiger partial charge is 0.269 e. The fourth-order valence-electron chi connectivity index (χ4n) is 4.89. The number of rotatable bonds is 22. The van der Waals surface area contributed by atoms with Gasteiger partial charge in [-0.1, -0.05) is 113 Å². The Hall–Kier alpha value is -0.650. The van der Waals surface area contributed by atoms with Crippen LogP contribution < -0.4 is 21.5 Å². The van der Waals surface area contributed by atoms with Crippen LogP contribution in [0.4, 0.5) is 0 Å². The van der Waals surface area contributed by atoms with Crippen LogP contribution in [0.5, 0.6) is 0 Å². The van der Waals surface area contributed by atoms with Gasteiger partial charge in [-0.2, -0.15) is 0 Å². The Kier molecular flexibility index (Phi) is 19.2. The molecule has 0 aliphatic heterocycles. The van der Waals surface area contributed by atoms with Gasteiger partial charge in [-0.05, 0) is 50.1 Å². The van der Waals surface area contributed by atoms with Gasteiger partial charge in [0.05, 0.1) is 0 Å². The minimum absolute atomic E-state index is 0.0420. The Bertz CT molecular complexity index is 489. The molecule has 0 saturated heterocycles. The summed E-state index contributed by atoms with van der Waals surface area (Å²) < 4.78 is 0. The maximum Gasteiger partial charge on any atom is 0.269 e. The molecule has 204 valence electrons. The molecule has 0 bridgehead atoms. The van der Waals surface area contributed by atoms with Crippen LogP contribution in [0.25, 0.3) is 0 Å². The molecule has 0 aromatic carbocycles. The third-order valence-corrected chi connectivity index (χ3v) is 6.58. The largest absolute Gasteiger partial charge is 0.291 e. The third-order valence-electron chi connectivity index (χ3n) is 6.58. The Labute approximate surface area is 213 Å². The van der Waals surface area contributed by atoms with Crippen molar-refractivity contribution in [2.45, 2.75) is 145 Å².